The molecule has 0 aliphatic carbocycles. The summed E-state index contributed by atoms with van der Waals surface area (Å²) in [5.74, 6) is 0.732. The van der Waals surface area contributed by atoms with Crippen LogP contribution in [-0.4, -0.2) is 36.5 Å². The number of hydrogen-bond donors (Lipinski definition) is 2. The molecule has 0 bridgehead atoms. The monoisotopic (exact) mass is 289 g/mol. The summed E-state index contributed by atoms with van der Waals surface area (Å²) >= 11 is 0. The number of anilines is 1. The summed E-state index contributed by atoms with van der Waals surface area (Å²) in [6.45, 7) is 9.49. The number of carbonyl (C=O) groups excluding carboxylic acids is 1. The lowest BCUT2D eigenvalue weighted by atomic mass is 10.00. The maximum Gasteiger partial charge on any atom is 0.251 e. The number of likely N-dealkylation sites (tertiary alicyclic amines) is 1. The van der Waals surface area contributed by atoms with Crippen LogP contribution in [0.5, 0.6) is 0 Å². The van der Waals surface area contributed by atoms with Crippen LogP contribution in [0.2, 0.25) is 0 Å². The lowest BCUT2D eigenvalue weighted by Crippen LogP contribution is -2.45. The predicted molar refractivity (Wildman–Crippen MR) is 87.4 cm³/mol. The van der Waals surface area contributed by atoms with Gasteiger partial charge in [0.05, 0.1) is 0 Å². The second-order valence-corrected chi connectivity index (χ2v) is 6.46. The Kier molecular flexibility index (Phi) is 5.23. The Labute approximate surface area is 127 Å². The lowest BCUT2D eigenvalue weighted by Gasteiger charge is -2.32. The minimum atomic E-state index is -0.0302. The number of nitrogens with zero attached hydrogens (tertiary/aromatic N) is 1. The first kappa shape index (κ1) is 15.8. The largest absolute Gasteiger partial charge is 0.399 e. The van der Waals surface area contributed by atoms with Crippen molar-refractivity contribution < 1.29 is 4.79 Å². The van der Waals surface area contributed by atoms with Crippen molar-refractivity contribution in [3.8, 4) is 0 Å². The zero-order valence-electron chi connectivity index (χ0n) is 13.4. The van der Waals surface area contributed by atoms with Gasteiger partial charge in [-0.2, -0.15) is 0 Å². The van der Waals surface area contributed by atoms with Gasteiger partial charge in [-0.15, -0.1) is 0 Å². The minimum Gasteiger partial charge on any atom is -0.399 e. The molecule has 116 valence electrons. The molecule has 3 N–H and O–H groups in total. The summed E-state index contributed by atoms with van der Waals surface area (Å²) in [7, 11) is 0. The van der Waals surface area contributed by atoms with Crippen LogP contribution in [-0.2, 0) is 0 Å². The van der Waals surface area contributed by atoms with Crippen LogP contribution in [0.15, 0.2) is 18.2 Å². The van der Waals surface area contributed by atoms with E-state index in [1.807, 2.05) is 19.1 Å². The number of rotatable bonds is 4. The van der Waals surface area contributed by atoms with Crippen molar-refractivity contribution in [2.24, 2.45) is 5.92 Å². The average Bonchev–Trinajstić information content (AvgIpc) is 2.41. The van der Waals surface area contributed by atoms with E-state index in [-0.39, 0.29) is 11.9 Å². The molecule has 2 unspecified atom stereocenters. The number of piperidine rings is 1. The summed E-state index contributed by atoms with van der Waals surface area (Å²) in [5, 5.41) is 3.09. The zero-order chi connectivity index (χ0) is 15.4. The van der Waals surface area contributed by atoms with Gasteiger partial charge in [0.15, 0.2) is 0 Å². The molecule has 0 saturated carbocycles. The molecule has 4 heteroatoms. The van der Waals surface area contributed by atoms with Gasteiger partial charge in [0.25, 0.3) is 5.91 Å². The molecule has 1 saturated heterocycles. The first-order chi connectivity index (χ1) is 9.95. The van der Waals surface area contributed by atoms with Gasteiger partial charge in [-0.3, -0.25) is 4.79 Å². The Morgan fingerprint density at radius 2 is 2.29 bits per heavy atom. The Morgan fingerprint density at radius 1 is 1.52 bits per heavy atom. The number of aryl methyl sites for hydroxylation is 1. The van der Waals surface area contributed by atoms with E-state index in [4.69, 9.17) is 5.73 Å². The molecule has 1 aliphatic rings. The van der Waals surface area contributed by atoms with Crippen LogP contribution in [0.25, 0.3) is 0 Å². The number of benzene rings is 1. The third-order valence-corrected chi connectivity index (χ3v) is 4.16. The molecule has 4 nitrogen and oxygen atoms in total. The van der Waals surface area contributed by atoms with Crippen molar-refractivity contribution in [1.82, 2.24) is 10.2 Å². The van der Waals surface area contributed by atoms with Gasteiger partial charge < -0.3 is 16.0 Å². The second-order valence-electron chi connectivity index (χ2n) is 6.46. The molecule has 0 spiro atoms. The first-order valence-electron chi connectivity index (χ1n) is 7.85. The highest BCUT2D eigenvalue weighted by Gasteiger charge is 2.19. The molecule has 1 aromatic rings. The van der Waals surface area contributed by atoms with Crippen LogP contribution in [0.4, 0.5) is 5.69 Å². The van der Waals surface area contributed by atoms with Gasteiger partial charge in [-0.1, -0.05) is 13.0 Å². The van der Waals surface area contributed by atoms with Crippen LogP contribution < -0.4 is 11.1 Å². The molecule has 1 fully saturated rings. The molecule has 0 radical (unpaired) electrons. The zero-order valence-corrected chi connectivity index (χ0v) is 13.4. The van der Waals surface area contributed by atoms with Gasteiger partial charge in [0.2, 0.25) is 0 Å². The van der Waals surface area contributed by atoms with Crippen molar-refractivity contribution in [1.29, 1.82) is 0 Å². The fourth-order valence-corrected chi connectivity index (χ4v) is 3.07. The number of amides is 1. The van der Waals surface area contributed by atoms with Crippen LogP contribution in [0.3, 0.4) is 0 Å². The SMILES string of the molecule is Cc1ccc(N)cc1C(=O)NC(C)CN1CCCC(C)C1. The number of nitrogen functional groups attached to an aromatic ring is 1. The maximum absolute atomic E-state index is 12.3. The maximum atomic E-state index is 12.3. The van der Waals surface area contributed by atoms with Crippen LogP contribution in [0, 0.1) is 12.8 Å². The number of nitrogens with two attached hydrogens (primary N) is 1. The third-order valence-electron chi connectivity index (χ3n) is 4.16. The van der Waals surface area contributed by atoms with Crippen molar-refractivity contribution in [3.63, 3.8) is 0 Å². The predicted octanol–water partition coefficient (Wildman–Crippen LogP) is 2.43. The average molecular weight is 289 g/mol. The molecule has 2 atom stereocenters. The smallest absolute Gasteiger partial charge is 0.251 e. The van der Waals surface area contributed by atoms with Crippen molar-refractivity contribution in [3.05, 3.63) is 29.3 Å². The highest BCUT2D eigenvalue weighted by molar-refractivity contribution is 5.96. The summed E-state index contributed by atoms with van der Waals surface area (Å²) in [6, 6.07) is 5.61. The van der Waals surface area contributed by atoms with Gasteiger partial charge in [0.1, 0.15) is 0 Å². The molecule has 1 amide bonds. The highest BCUT2D eigenvalue weighted by Crippen LogP contribution is 2.16. The Morgan fingerprint density at radius 3 is 3.00 bits per heavy atom. The molecule has 2 rings (SSSR count). The summed E-state index contributed by atoms with van der Waals surface area (Å²) < 4.78 is 0. The summed E-state index contributed by atoms with van der Waals surface area (Å²) in [4.78, 5) is 14.8. The van der Waals surface area contributed by atoms with E-state index < -0.39 is 0 Å². The molecule has 1 aromatic carbocycles. The molecule has 0 aromatic heterocycles. The number of nitrogens with one attached hydrogen (secondary N) is 1. The Bertz CT molecular complexity index is 501. The fourth-order valence-electron chi connectivity index (χ4n) is 3.07. The molecule has 1 heterocycles. The van der Waals surface area contributed by atoms with Gasteiger partial charge in [-0.25, -0.2) is 0 Å². The van der Waals surface area contributed by atoms with E-state index in [2.05, 4.69) is 24.1 Å². The van der Waals surface area contributed by atoms with E-state index >= 15 is 0 Å². The number of hydrogen-bond acceptors (Lipinski definition) is 3. The minimum absolute atomic E-state index is 0.0302. The highest BCUT2D eigenvalue weighted by atomic mass is 16.1. The van der Waals surface area contributed by atoms with Crippen molar-refractivity contribution in [2.75, 3.05) is 25.4 Å². The first-order valence-corrected chi connectivity index (χ1v) is 7.85. The second kappa shape index (κ2) is 6.94. The lowest BCUT2D eigenvalue weighted by molar-refractivity contribution is 0.0919. The van der Waals surface area contributed by atoms with E-state index in [9.17, 15) is 4.79 Å². The van der Waals surface area contributed by atoms with Crippen LogP contribution >= 0.6 is 0 Å². The molecule has 21 heavy (non-hydrogen) atoms. The van der Waals surface area contributed by atoms with E-state index in [0.717, 1.165) is 31.1 Å². The normalized spacial score (nSPS) is 21.0. The van der Waals surface area contributed by atoms with Crippen molar-refractivity contribution in [2.45, 2.75) is 39.7 Å². The van der Waals surface area contributed by atoms with Gasteiger partial charge >= 0.3 is 0 Å². The molecular weight excluding hydrogens is 262 g/mol. The van der Waals surface area contributed by atoms with Crippen LogP contribution in [0.1, 0.15) is 42.6 Å². The topological polar surface area (TPSA) is 58.4 Å². The van der Waals surface area contributed by atoms with Gasteiger partial charge in [0, 0.05) is 30.4 Å². The molecular formula is C17H27N3O. The fraction of sp³-hybridized carbons (Fsp3) is 0.588. The quantitative estimate of drug-likeness (QED) is 0.837. The summed E-state index contributed by atoms with van der Waals surface area (Å²) in [5.41, 5.74) is 8.03. The standard InChI is InChI=1S/C17H27N3O/c1-12-5-4-8-20(10-12)11-14(3)19-17(21)16-9-15(18)7-6-13(16)2/h6-7,9,12,14H,4-5,8,10-11,18H2,1-3H3,(H,19,21). The molecule has 1 aliphatic heterocycles. The Balaban J connectivity index is 1.91. The van der Waals surface area contributed by atoms with E-state index in [1.165, 1.54) is 12.8 Å². The van der Waals surface area contributed by atoms with Gasteiger partial charge in [-0.05, 0) is 56.8 Å². The van der Waals surface area contributed by atoms with E-state index in [1.54, 1.807) is 6.07 Å². The van der Waals surface area contributed by atoms with E-state index in [0.29, 0.717) is 11.3 Å². The number of carbonyl (C=O) groups is 1. The van der Waals surface area contributed by atoms with Crippen molar-refractivity contribution >= 4 is 11.6 Å². The Hall–Kier alpha value is -1.55. The summed E-state index contributed by atoms with van der Waals surface area (Å²) in [6.07, 6.45) is 2.58. The third kappa shape index (κ3) is 4.46.